The highest BCUT2D eigenvalue weighted by Crippen LogP contribution is 2.46. The Labute approximate surface area is 172 Å². The van der Waals surface area contributed by atoms with E-state index in [0.717, 1.165) is 25.7 Å². The Hall–Kier alpha value is -1.41. The summed E-state index contributed by atoms with van der Waals surface area (Å²) in [4.78, 5) is 0. The second-order valence-electron chi connectivity index (χ2n) is 8.76. The van der Waals surface area contributed by atoms with Crippen molar-refractivity contribution >= 4 is 0 Å². The van der Waals surface area contributed by atoms with Crippen molar-refractivity contribution in [2.24, 2.45) is 23.7 Å². The van der Waals surface area contributed by atoms with Crippen molar-refractivity contribution in [3.05, 3.63) is 29.6 Å². The molecule has 0 unspecified atom stereocenters. The highest BCUT2D eigenvalue weighted by molar-refractivity contribution is 5.25. The molecule has 0 radical (unpaired) electrons. The first-order chi connectivity index (χ1) is 14.3. The Bertz CT molecular complexity index is 698. The quantitative estimate of drug-likeness (QED) is 0.416. The molecule has 30 heavy (non-hydrogen) atoms. The molecule has 168 valence electrons. The first-order valence-electron chi connectivity index (χ1n) is 10.8. The number of alkyl halides is 2. The second-order valence-corrected chi connectivity index (χ2v) is 8.76. The zero-order chi connectivity index (χ0) is 21.3. The molecule has 1 aromatic carbocycles. The summed E-state index contributed by atoms with van der Waals surface area (Å²) in [6, 6.07) is 0.905. The van der Waals surface area contributed by atoms with E-state index in [9.17, 15) is 22.0 Å². The number of hydrogen-bond donors (Lipinski definition) is 0. The summed E-state index contributed by atoms with van der Waals surface area (Å²) in [6.45, 7) is 1.31. The Morgan fingerprint density at radius 2 is 1.20 bits per heavy atom. The summed E-state index contributed by atoms with van der Waals surface area (Å²) >= 11 is 0. The highest BCUT2D eigenvalue weighted by Gasteiger charge is 2.45. The zero-order valence-corrected chi connectivity index (χ0v) is 16.7. The van der Waals surface area contributed by atoms with E-state index in [0.29, 0.717) is 68.8 Å². The largest absolute Gasteiger partial charge is 0.432 e. The fourth-order valence-corrected chi connectivity index (χ4v) is 5.30. The van der Waals surface area contributed by atoms with Crippen LogP contribution in [0.15, 0.2) is 12.1 Å². The van der Waals surface area contributed by atoms with E-state index in [-0.39, 0.29) is 6.29 Å². The molecule has 3 aliphatic rings. The molecule has 8 heteroatoms. The molecule has 0 N–H and O–H groups in total. The smallest absolute Gasteiger partial charge is 0.400 e. The summed E-state index contributed by atoms with van der Waals surface area (Å²) in [6.07, 6.45) is 2.50. The number of halogens is 5. The summed E-state index contributed by atoms with van der Waals surface area (Å²) < 4.78 is 84.5. The lowest BCUT2D eigenvalue weighted by atomic mass is 9.69. The van der Waals surface area contributed by atoms with Gasteiger partial charge in [0.15, 0.2) is 23.7 Å². The number of rotatable bonds is 5. The van der Waals surface area contributed by atoms with Crippen molar-refractivity contribution in [1.82, 2.24) is 0 Å². The number of ether oxygens (including phenoxy) is 3. The number of hydrogen-bond acceptors (Lipinski definition) is 3. The second kappa shape index (κ2) is 8.99. The fraction of sp³-hybridized carbons (Fsp3) is 0.727. The van der Waals surface area contributed by atoms with Crippen LogP contribution in [0.25, 0.3) is 0 Å². The standard InChI is InChI=1S/C22H27F5O3/c23-18-11-17(12-19(24)20(18)25)30-22(26,27)16-7-5-14(6-8-16)13-1-3-15(4-2-13)21-28-9-10-29-21/h11-16,21H,1-10H2. The van der Waals surface area contributed by atoms with Crippen LogP contribution in [0.3, 0.4) is 0 Å². The third kappa shape index (κ3) is 4.74. The average molecular weight is 434 g/mol. The van der Waals surface area contributed by atoms with Gasteiger partial charge >= 0.3 is 6.11 Å². The molecule has 1 heterocycles. The van der Waals surface area contributed by atoms with E-state index in [2.05, 4.69) is 4.74 Å². The maximum Gasteiger partial charge on any atom is 0.400 e. The van der Waals surface area contributed by atoms with E-state index < -0.39 is 35.2 Å². The van der Waals surface area contributed by atoms with E-state index in [1.807, 2.05) is 0 Å². The fourth-order valence-electron chi connectivity index (χ4n) is 5.30. The van der Waals surface area contributed by atoms with E-state index in [4.69, 9.17) is 9.47 Å². The molecule has 1 aromatic rings. The molecular formula is C22H27F5O3. The van der Waals surface area contributed by atoms with Gasteiger partial charge < -0.3 is 14.2 Å². The van der Waals surface area contributed by atoms with Gasteiger partial charge in [0.2, 0.25) is 0 Å². The van der Waals surface area contributed by atoms with Crippen LogP contribution in [-0.4, -0.2) is 25.6 Å². The third-order valence-corrected chi connectivity index (χ3v) is 6.97. The molecule has 0 spiro atoms. The van der Waals surface area contributed by atoms with Crippen molar-refractivity contribution in [1.29, 1.82) is 0 Å². The van der Waals surface area contributed by atoms with Gasteiger partial charge in [0.25, 0.3) is 0 Å². The monoisotopic (exact) mass is 434 g/mol. The normalized spacial score (nSPS) is 31.1. The van der Waals surface area contributed by atoms with Gasteiger partial charge in [-0.05, 0) is 63.2 Å². The minimum absolute atomic E-state index is 0.0846. The Morgan fingerprint density at radius 3 is 1.73 bits per heavy atom. The van der Waals surface area contributed by atoms with E-state index in [1.54, 1.807) is 0 Å². The summed E-state index contributed by atoms with van der Waals surface area (Å²) in [5, 5.41) is 0. The van der Waals surface area contributed by atoms with Gasteiger partial charge in [-0.25, -0.2) is 13.2 Å². The first-order valence-corrected chi connectivity index (χ1v) is 10.8. The molecule has 0 atom stereocenters. The van der Waals surface area contributed by atoms with Crippen LogP contribution in [-0.2, 0) is 9.47 Å². The van der Waals surface area contributed by atoms with Crippen LogP contribution in [0.2, 0.25) is 0 Å². The Morgan fingerprint density at radius 1 is 0.733 bits per heavy atom. The van der Waals surface area contributed by atoms with Gasteiger partial charge in [-0.15, -0.1) is 0 Å². The van der Waals surface area contributed by atoms with Crippen molar-refractivity contribution < 1.29 is 36.2 Å². The molecule has 1 aliphatic heterocycles. The molecule has 0 amide bonds. The third-order valence-electron chi connectivity index (χ3n) is 6.97. The van der Waals surface area contributed by atoms with Crippen LogP contribution < -0.4 is 4.74 Å². The predicted octanol–water partition coefficient (Wildman–Crippen LogP) is 6.06. The van der Waals surface area contributed by atoms with Gasteiger partial charge in [0.1, 0.15) is 5.75 Å². The maximum atomic E-state index is 14.6. The van der Waals surface area contributed by atoms with Gasteiger partial charge in [0, 0.05) is 18.1 Å². The van der Waals surface area contributed by atoms with Gasteiger partial charge in [-0.3, -0.25) is 0 Å². The topological polar surface area (TPSA) is 27.7 Å². The highest BCUT2D eigenvalue weighted by atomic mass is 19.3. The van der Waals surface area contributed by atoms with Gasteiger partial charge in [-0.2, -0.15) is 8.78 Å². The molecule has 1 saturated heterocycles. The number of benzene rings is 1. The molecule has 4 rings (SSSR count). The maximum absolute atomic E-state index is 14.6. The molecule has 3 fully saturated rings. The van der Waals surface area contributed by atoms with Crippen molar-refractivity contribution in [2.45, 2.75) is 63.8 Å². The summed E-state index contributed by atoms with van der Waals surface area (Å²) in [5.74, 6) is -5.17. The predicted molar refractivity (Wildman–Crippen MR) is 98.5 cm³/mol. The summed E-state index contributed by atoms with van der Waals surface area (Å²) in [5.41, 5.74) is 0. The zero-order valence-electron chi connectivity index (χ0n) is 16.7. The van der Waals surface area contributed by atoms with Gasteiger partial charge in [-0.1, -0.05) is 0 Å². The summed E-state index contributed by atoms with van der Waals surface area (Å²) in [7, 11) is 0. The van der Waals surface area contributed by atoms with E-state index >= 15 is 0 Å². The molecule has 3 nitrogen and oxygen atoms in total. The SMILES string of the molecule is Fc1cc(OC(F)(F)C2CCC(C3CCC(C4OCCO4)CC3)CC2)cc(F)c1F. The van der Waals surface area contributed by atoms with Crippen molar-refractivity contribution in [2.75, 3.05) is 13.2 Å². The van der Waals surface area contributed by atoms with E-state index in [1.165, 1.54) is 0 Å². The Balaban J connectivity index is 1.27. The lowest BCUT2D eigenvalue weighted by Crippen LogP contribution is -2.38. The molecule has 2 aliphatic carbocycles. The first kappa shape index (κ1) is 21.8. The van der Waals surface area contributed by atoms with Crippen LogP contribution in [0.4, 0.5) is 22.0 Å². The molecule has 2 saturated carbocycles. The lowest BCUT2D eigenvalue weighted by molar-refractivity contribution is -0.224. The van der Waals surface area contributed by atoms with Crippen molar-refractivity contribution in [3.63, 3.8) is 0 Å². The molecular weight excluding hydrogens is 407 g/mol. The average Bonchev–Trinajstić information content (AvgIpc) is 3.27. The van der Waals surface area contributed by atoms with Gasteiger partial charge in [0.05, 0.1) is 19.1 Å². The molecule has 0 aromatic heterocycles. The molecule has 0 bridgehead atoms. The lowest BCUT2D eigenvalue weighted by Gasteiger charge is -2.39. The minimum atomic E-state index is -3.56. The van der Waals surface area contributed by atoms with Crippen molar-refractivity contribution in [3.8, 4) is 5.75 Å². The van der Waals surface area contributed by atoms with Crippen LogP contribution in [0.1, 0.15) is 51.4 Å². The minimum Gasteiger partial charge on any atom is -0.432 e. The van der Waals surface area contributed by atoms with Crippen LogP contribution >= 0.6 is 0 Å². The van der Waals surface area contributed by atoms with Crippen LogP contribution in [0, 0.1) is 41.1 Å². The van der Waals surface area contributed by atoms with Crippen LogP contribution in [0.5, 0.6) is 5.75 Å². The Kier molecular flexibility index (Phi) is 6.53.